The number of rotatable bonds is 2. The molecule has 0 bridgehead atoms. The van der Waals surface area contributed by atoms with Gasteiger partial charge in [0.2, 0.25) is 0 Å². The third kappa shape index (κ3) is 2.87. The number of hydrogen-bond donors (Lipinski definition) is 0. The Morgan fingerprint density at radius 2 is 1.94 bits per heavy atom. The van der Waals surface area contributed by atoms with Crippen LogP contribution in [0, 0.1) is 5.82 Å². The maximum absolute atomic E-state index is 13.8. The topological polar surface area (TPSA) is 25.8 Å². The minimum absolute atomic E-state index is 0.177. The maximum atomic E-state index is 13.8. The lowest BCUT2D eigenvalue weighted by Gasteiger charge is -2.08. The minimum atomic E-state index is -0.386. The summed E-state index contributed by atoms with van der Waals surface area (Å²) >= 11 is 9.05. The monoisotopic (exact) mass is 328 g/mol. The van der Waals surface area contributed by atoms with Crippen molar-refractivity contribution in [2.24, 2.45) is 0 Å². The van der Waals surface area contributed by atoms with Crippen LogP contribution in [0.15, 0.2) is 28.9 Å². The summed E-state index contributed by atoms with van der Waals surface area (Å²) in [6, 6.07) is 6.24. The van der Waals surface area contributed by atoms with Crippen molar-refractivity contribution >= 4 is 27.5 Å². The maximum Gasteiger partial charge on any atom is 0.134 e. The third-order valence-electron chi connectivity index (χ3n) is 2.44. The number of hydrogen-bond acceptors (Lipinski definition) is 2. The van der Waals surface area contributed by atoms with E-state index in [0.717, 1.165) is 0 Å². The van der Waals surface area contributed by atoms with Crippen LogP contribution in [0.1, 0.15) is 25.6 Å². The summed E-state index contributed by atoms with van der Waals surface area (Å²) in [4.78, 5) is 8.63. The first kappa shape index (κ1) is 13.4. The van der Waals surface area contributed by atoms with Gasteiger partial charge in [-0.25, -0.2) is 14.4 Å². The lowest BCUT2D eigenvalue weighted by Crippen LogP contribution is -2.00. The van der Waals surface area contributed by atoms with Gasteiger partial charge in [-0.15, -0.1) is 0 Å². The van der Waals surface area contributed by atoms with Gasteiger partial charge in [0.05, 0.1) is 5.69 Å². The Balaban J connectivity index is 2.56. The molecule has 1 aromatic carbocycles. The Morgan fingerprint density at radius 3 is 2.56 bits per heavy atom. The van der Waals surface area contributed by atoms with Gasteiger partial charge in [-0.3, -0.25) is 0 Å². The molecule has 0 aliphatic heterocycles. The second-order valence-electron chi connectivity index (χ2n) is 4.21. The highest BCUT2D eigenvalue weighted by molar-refractivity contribution is 9.10. The van der Waals surface area contributed by atoms with Crippen LogP contribution >= 0.6 is 27.5 Å². The highest BCUT2D eigenvalue weighted by atomic mass is 79.9. The molecule has 2 rings (SSSR count). The summed E-state index contributed by atoms with van der Waals surface area (Å²) in [5.41, 5.74) is 0.971. The van der Waals surface area contributed by atoms with E-state index < -0.39 is 0 Å². The van der Waals surface area contributed by atoms with E-state index in [4.69, 9.17) is 11.6 Å². The van der Waals surface area contributed by atoms with Crippen LogP contribution < -0.4 is 0 Å². The molecular formula is C13H11BrClFN2. The molecule has 94 valence electrons. The fraction of sp³-hybridized carbons (Fsp3) is 0.231. The Hall–Kier alpha value is -1.00. The Morgan fingerprint density at radius 1 is 1.22 bits per heavy atom. The molecule has 0 amide bonds. The molecule has 0 saturated heterocycles. The molecule has 0 atom stereocenters. The zero-order valence-electron chi connectivity index (χ0n) is 9.92. The summed E-state index contributed by atoms with van der Waals surface area (Å²) in [5, 5.41) is 0.369. The highest BCUT2D eigenvalue weighted by Crippen LogP contribution is 2.26. The standard InChI is InChI=1S/C13H11BrClFN2/c1-7(2)13-17-11(6-12(14)18-13)9-4-3-8(15)5-10(9)16/h3-7H,1-2H3. The zero-order valence-corrected chi connectivity index (χ0v) is 12.3. The van der Waals surface area contributed by atoms with E-state index in [-0.39, 0.29) is 11.7 Å². The molecule has 18 heavy (non-hydrogen) atoms. The Bertz CT molecular complexity index is 587. The second kappa shape index (κ2) is 5.33. The van der Waals surface area contributed by atoms with Crippen molar-refractivity contribution in [3.8, 4) is 11.3 Å². The van der Waals surface area contributed by atoms with Gasteiger partial charge in [-0.1, -0.05) is 25.4 Å². The smallest absolute Gasteiger partial charge is 0.134 e. The molecular weight excluding hydrogens is 319 g/mol. The van der Waals surface area contributed by atoms with E-state index in [0.29, 0.717) is 26.7 Å². The normalized spacial score (nSPS) is 11.0. The van der Waals surface area contributed by atoms with Gasteiger partial charge in [0.15, 0.2) is 0 Å². The van der Waals surface area contributed by atoms with Crippen LogP contribution in [0.2, 0.25) is 5.02 Å². The Kier molecular flexibility index (Phi) is 3.97. The number of aromatic nitrogens is 2. The molecule has 0 spiro atoms. The highest BCUT2D eigenvalue weighted by Gasteiger charge is 2.11. The lowest BCUT2D eigenvalue weighted by molar-refractivity contribution is 0.630. The molecule has 1 aromatic heterocycles. The number of benzene rings is 1. The van der Waals surface area contributed by atoms with Crippen LogP contribution in [-0.2, 0) is 0 Å². The Labute approximate surface area is 118 Å². The molecule has 0 saturated carbocycles. The first-order valence-corrected chi connectivity index (χ1v) is 6.64. The molecule has 0 unspecified atom stereocenters. The fourth-order valence-corrected chi connectivity index (χ4v) is 2.09. The van der Waals surface area contributed by atoms with Crippen LogP contribution in [0.3, 0.4) is 0 Å². The summed E-state index contributed by atoms with van der Waals surface area (Å²) in [5.74, 6) is 0.466. The minimum Gasteiger partial charge on any atom is -0.232 e. The van der Waals surface area contributed by atoms with Crippen LogP contribution in [0.4, 0.5) is 4.39 Å². The second-order valence-corrected chi connectivity index (χ2v) is 5.46. The molecule has 0 aliphatic carbocycles. The molecule has 0 N–H and O–H groups in total. The van der Waals surface area contributed by atoms with Crippen LogP contribution in [-0.4, -0.2) is 9.97 Å². The molecule has 0 aliphatic rings. The van der Waals surface area contributed by atoms with Gasteiger partial charge in [-0.05, 0) is 40.2 Å². The molecule has 2 nitrogen and oxygen atoms in total. The fourth-order valence-electron chi connectivity index (χ4n) is 1.53. The van der Waals surface area contributed by atoms with Gasteiger partial charge in [0.1, 0.15) is 16.2 Å². The van der Waals surface area contributed by atoms with E-state index in [1.54, 1.807) is 18.2 Å². The van der Waals surface area contributed by atoms with E-state index in [2.05, 4.69) is 25.9 Å². The van der Waals surface area contributed by atoms with Crippen molar-refractivity contribution in [3.05, 3.63) is 45.5 Å². The first-order chi connectivity index (χ1) is 8.47. The van der Waals surface area contributed by atoms with Gasteiger partial charge in [0, 0.05) is 16.5 Å². The van der Waals surface area contributed by atoms with E-state index in [9.17, 15) is 4.39 Å². The van der Waals surface area contributed by atoms with Crippen molar-refractivity contribution in [2.45, 2.75) is 19.8 Å². The summed E-state index contributed by atoms with van der Waals surface area (Å²) in [6.07, 6.45) is 0. The molecule has 2 aromatic rings. The van der Waals surface area contributed by atoms with E-state index in [1.807, 2.05) is 13.8 Å². The van der Waals surface area contributed by atoms with Crippen LogP contribution in [0.5, 0.6) is 0 Å². The van der Waals surface area contributed by atoms with Crippen molar-refractivity contribution in [2.75, 3.05) is 0 Å². The predicted molar refractivity (Wildman–Crippen MR) is 74.2 cm³/mol. The summed E-state index contributed by atoms with van der Waals surface area (Å²) in [6.45, 7) is 3.98. The summed E-state index contributed by atoms with van der Waals surface area (Å²) in [7, 11) is 0. The largest absolute Gasteiger partial charge is 0.232 e. The quantitative estimate of drug-likeness (QED) is 0.738. The molecule has 1 heterocycles. The van der Waals surface area contributed by atoms with Crippen molar-refractivity contribution < 1.29 is 4.39 Å². The first-order valence-electron chi connectivity index (χ1n) is 5.47. The van der Waals surface area contributed by atoms with Gasteiger partial charge in [-0.2, -0.15) is 0 Å². The summed E-state index contributed by atoms with van der Waals surface area (Å²) < 4.78 is 14.5. The van der Waals surface area contributed by atoms with Gasteiger partial charge < -0.3 is 0 Å². The SMILES string of the molecule is CC(C)c1nc(Br)cc(-c2ccc(Cl)cc2F)n1. The van der Waals surface area contributed by atoms with Crippen molar-refractivity contribution in [1.29, 1.82) is 0 Å². The molecule has 0 fully saturated rings. The predicted octanol–water partition coefficient (Wildman–Crippen LogP) is 4.82. The van der Waals surface area contributed by atoms with Gasteiger partial charge in [0.25, 0.3) is 0 Å². The lowest BCUT2D eigenvalue weighted by atomic mass is 10.1. The van der Waals surface area contributed by atoms with Crippen molar-refractivity contribution in [1.82, 2.24) is 9.97 Å². The average molecular weight is 330 g/mol. The van der Waals surface area contributed by atoms with E-state index >= 15 is 0 Å². The molecule has 0 radical (unpaired) electrons. The van der Waals surface area contributed by atoms with Gasteiger partial charge >= 0.3 is 0 Å². The van der Waals surface area contributed by atoms with Crippen molar-refractivity contribution in [3.63, 3.8) is 0 Å². The zero-order chi connectivity index (χ0) is 13.3. The average Bonchev–Trinajstić information content (AvgIpc) is 2.27. The third-order valence-corrected chi connectivity index (χ3v) is 3.08. The molecule has 5 heteroatoms. The number of halogens is 3. The van der Waals surface area contributed by atoms with Crippen LogP contribution in [0.25, 0.3) is 11.3 Å². The van der Waals surface area contributed by atoms with E-state index in [1.165, 1.54) is 6.07 Å². The number of nitrogens with zero attached hydrogens (tertiary/aromatic N) is 2.